The van der Waals surface area contributed by atoms with Gasteiger partial charge in [-0.15, -0.1) is 0 Å². The van der Waals surface area contributed by atoms with Crippen molar-refractivity contribution in [3.05, 3.63) is 84.1 Å². The van der Waals surface area contributed by atoms with Gasteiger partial charge < -0.3 is 14.5 Å². The minimum atomic E-state index is -0.279. The third-order valence-corrected chi connectivity index (χ3v) is 4.59. The largest absolute Gasteiger partial charge is 0.496 e. The molecular formula is C23H19NO3. The normalized spacial score (nSPS) is 10.7. The van der Waals surface area contributed by atoms with E-state index in [1.165, 1.54) is 0 Å². The number of amides is 1. The number of carbonyl (C=O) groups is 1. The van der Waals surface area contributed by atoms with E-state index in [1.54, 1.807) is 7.11 Å². The minimum absolute atomic E-state index is 0.279. The van der Waals surface area contributed by atoms with E-state index in [1.807, 2.05) is 67.6 Å². The van der Waals surface area contributed by atoms with E-state index < -0.39 is 0 Å². The Bertz CT molecular complexity index is 1100. The fraction of sp³-hybridized carbons (Fsp3) is 0.0870. The molecule has 134 valence electrons. The Morgan fingerprint density at radius 1 is 0.889 bits per heavy atom. The lowest BCUT2D eigenvalue weighted by atomic mass is 10.1. The van der Waals surface area contributed by atoms with E-state index in [-0.39, 0.29) is 5.91 Å². The molecule has 1 heterocycles. The summed E-state index contributed by atoms with van der Waals surface area (Å²) in [5.74, 6) is 0.708. The molecule has 4 heteroatoms. The number of hydrogen-bond acceptors (Lipinski definition) is 3. The highest BCUT2D eigenvalue weighted by molar-refractivity contribution is 6.07. The van der Waals surface area contributed by atoms with Crippen LogP contribution in [0.3, 0.4) is 0 Å². The van der Waals surface area contributed by atoms with Crippen molar-refractivity contribution < 1.29 is 13.9 Å². The van der Waals surface area contributed by atoms with Crippen LogP contribution in [0.2, 0.25) is 0 Å². The van der Waals surface area contributed by atoms with Crippen LogP contribution in [-0.2, 0) is 0 Å². The van der Waals surface area contributed by atoms with Crippen molar-refractivity contribution in [3.8, 4) is 16.9 Å². The topological polar surface area (TPSA) is 51.5 Å². The highest BCUT2D eigenvalue weighted by atomic mass is 16.5. The number of fused-ring (bicyclic) bond motifs is 1. The minimum Gasteiger partial charge on any atom is -0.496 e. The molecule has 0 unspecified atom stereocenters. The number of carbonyl (C=O) groups excluding carboxylic acids is 1. The third kappa shape index (κ3) is 3.17. The first-order chi connectivity index (χ1) is 13.2. The van der Waals surface area contributed by atoms with Crippen LogP contribution in [0.5, 0.6) is 5.75 Å². The van der Waals surface area contributed by atoms with Crippen molar-refractivity contribution in [2.75, 3.05) is 12.4 Å². The van der Waals surface area contributed by atoms with Gasteiger partial charge in [-0.25, -0.2) is 0 Å². The monoisotopic (exact) mass is 357 g/mol. The molecule has 0 bridgehead atoms. The van der Waals surface area contributed by atoms with Crippen LogP contribution in [0.1, 0.15) is 16.1 Å². The first-order valence-electron chi connectivity index (χ1n) is 8.70. The van der Waals surface area contributed by atoms with Crippen LogP contribution >= 0.6 is 0 Å². The van der Waals surface area contributed by atoms with Gasteiger partial charge in [0.1, 0.15) is 11.3 Å². The van der Waals surface area contributed by atoms with Gasteiger partial charge >= 0.3 is 0 Å². The van der Waals surface area contributed by atoms with Crippen molar-refractivity contribution in [3.63, 3.8) is 0 Å². The fourth-order valence-electron chi connectivity index (χ4n) is 3.22. The number of rotatable bonds is 4. The molecule has 0 saturated carbocycles. The number of ether oxygens (including phenoxy) is 1. The molecule has 0 radical (unpaired) electrons. The Labute approximate surface area is 157 Å². The van der Waals surface area contributed by atoms with Crippen molar-refractivity contribution in [1.29, 1.82) is 0 Å². The number of anilines is 1. The van der Waals surface area contributed by atoms with Gasteiger partial charge in [0.25, 0.3) is 5.91 Å². The summed E-state index contributed by atoms with van der Waals surface area (Å²) < 4.78 is 11.2. The molecule has 0 aliphatic heterocycles. The van der Waals surface area contributed by atoms with Crippen molar-refractivity contribution in [2.24, 2.45) is 0 Å². The zero-order valence-electron chi connectivity index (χ0n) is 15.2. The number of furan rings is 1. The number of benzene rings is 3. The van der Waals surface area contributed by atoms with Crippen LogP contribution in [0.15, 0.2) is 77.2 Å². The summed E-state index contributed by atoms with van der Waals surface area (Å²) in [5, 5.41) is 3.73. The van der Waals surface area contributed by atoms with Crippen molar-refractivity contribution >= 4 is 22.6 Å². The molecule has 0 saturated heterocycles. The first-order valence-corrected chi connectivity index (χ1v) is 8.70. The summed E-state index contributed by atoms with van der Waals surface area (Å²) in [7, 11) is 1.61. The van der Waals surface area contributed by atoms with Gasteiger partial charge in [0.2, 0.25) is 0 Å². The maximum absolute atomic E-state index is 12.7. The van der Waals surface area contributed by atoms with Gasteiger partial charge in [-0.1, -0.05) is 48.5 Å². The van der Waals surface area contributed by atoms with Crippen LogP contribution < -0.4 is 10.1 Å². The zero-order chi connectivity index (χ0) is 18.8. The summed E-state index contributed by atoms with van der Waals surface area (Å²) >= 11 is 0. The molecule has 3 aromatic carbocycles. The second-order valence-corrected chi connectivity index (χ2v) is 6.29. The van der Waals surface area contributed by atoms with Crippen LogP contribution in [0.25, 0.3) is 22.1 Å². The molecular weight excluding hydrogens is 338 g/mol. The smallest absolute Gasteiger partial charge is 0.291 e. The Hall–Kier alpha value is -3.53. The molecule has 1 amide bonds. The Kier molecular flexibility index (Phi) is 4.38. The highest BCUT2D eigenvalue weighted by Crippen LogP contribution is 2.33. The molecule has 0 spiro atoms. The van der Waals surface area contributed by atoms with Crippen LogP contribution in [-0.4, -0.2) is 13.0 Å². The van der Waals surface area contributed by atoms with Crippen LogP contribution in [0, 0.1) is 6.92 Å². The fourth-order valence-corrected chi connectivity index (χ4v) is 3.22. The molecule has 27 heavy (non-hydrogen) atoms. The predicted octanol–water partition coefficient (Wildman–Crippen LogP) is 5.67. The summed E-state index contributed by atoms with van der Waals surface area (Å²) in [4.78, 5) is 12.7. The quantitative estimate of drug-likeness (QED) is 0.512. The van der Waals surface area contributed by atoms with E-state index in [4.69, 9.17) is 9.15 Å². The van der Waals surface area contributed by atoms with Gasteiger partial charge in [-0.05, 0) is 42.3 Å². The molecule has 1 aromatic heterocycles. The maximum Gasteiger partial charge on any atom is 0.291 e. The lowest BCUT2D eigenvalue weighted by Crippen LogP contribution is -2.12. The summed E-state index contributed by atoms with van der Waals surface area (Å²) in [6.07, 6.45) is 0. The van der Waals surface area contributed by atoms with Gasteiger partial charge in [0, 0.05) is 11.3 Å². The third-order valence-electron chi connectivity index (χ3n) is 4.59. The van der Waals surface area contributed by atoms with E-state index in [9.17, 15) is 4.79 Å². The van der Waals surface area contributed by atoms with Gasteiger partial charge in [0.05, 0.1) is 12.5 Å². The molecule has 0 aliphatic carbocycles. The van der Waals surface area contributed by atoms with Gasteiger partial charge in [-0.2, -0.15) is 0 Å². The van der Waals surface area contributed by atoms with Gasteiger partial charge in [-0.3, -0.25) is 4.79 Å². The first kappa shape index (κ1) is 16.9. The molecule has 4 nitrogen and oxygen atoms in total. The number of methoxy groups -OCH3 is 1. The average Bonchev–Trinajstić information content (AvgIpc) is 3.06. The molecule has 0 aliphatic rings. The second-order valence-electron chi connectivity index (χ2n) is 6.29. The van der Waals surface area contributed by atoms with E-state index in [0.717, 1.165) is 22.1 Å². The maximum atomic E-state index is 12.7. The summed E-state index contributed by atoms with van der Waals surface area (Å²) in [6, 6.07) is 23.4. The van der Waals surface area contributed by atoms with E-state index >= 15 is 0 Å². The van der Waals surface area contributed by atoms with E-state index in [0.29, 0.717) is 22.8 Å². The second kappa shape index (κ2) is 7.00. The molecule has 4 rings (SSSR count). The predicted molar refractivity (Wildman–Crippen MR) is 107 cm³/mol. The highest BCUT2D eigenvalue weighted by Gasteiger charge is 2.20. The van der Waals surface area contributed by atoms with Crippen molar-refractivity contribution in [2.45, 2.75) is 6.92 Å². The standard InChI is InChI=1S/C23H19NO3/c1-15-21-19(26-2)9-6-10-20(21)27-22(15)23(25)24-18-13-11-17(12-14-18)16-7-4-3-5-8-16/h3-14H,1-2H3,(H,24,25). The summed E-state index contributed by atoms with van der Waals surface area (Å²) in [5.41, 5.74) is 4.35. The molecule has 0 atom stereocenters. The average molecular weight is 357 g/mol. The SMILES string of the molecule is COc1cccc2oc(C(=O)Nc3ccc(-c4ccccc4)cc3)c(C)c12. The lowest BCUT2D eigenvalue weighted by molar-refractivity contribution is 0.0998. The van der Waals surface area contributed by atoms with Gasteiger partial charge in [0.15, 0.2) is 5.76 Å². The Morgan fingerprint density at radius 3 is 2.30 bits per heavy atom. The lowest BCUT2D eigenvalue weighted by Gasteiger charge is -2.06. The zero-order valence-corrected chi connectivity index (χ0v) is 15.2. The Balaban J connectivity index is 1.59. The van der Waals surface area contributed by atoms with E-state index in [2.05, 4.69) is 17.4 Å². The number of hydrogen-bond donors (Lipinski definition) is 1. The molecule has 4 aromatic rings. The molecule has 0 fully saturated rings. The van der Waals surface area contributed by atoms with Crippen molar-refractivity contribution in [1.82, 2.24) is 0 Å². The summed E-state index contributed by atoms with van der Waals surface area (Å²) in [6.45, 7) is 1.86. The van der Waals surface area contributed by atoms with Crippen LogP contribution in [0.4, 0.5) is 5.69 Å². The Morgan fingerprint density at radius 2 is 1.59 bits per heavy atom. The number of aryl methyl sites for hydroxylation is 1. The molecule has 1 N–H and O–H groups in total. The number of nitrogens with one attached hydrogen (secondary N) is 1.